The number of aromatic nitrogens is 2. The zero-order valence-corrected chi connectivity index (χ0v) is 12.9. The summed E-state index contributed by atoms with van der Waals surface area (Å²) in [5.41, 5.74) is 0. The van der Waals surface area contributed by atoms with Crippen molar-refractivity contribution in [3.63, 3.8) is 0 Å². The van der Waals surface area contributed by atoms with Gasteiger partial charge in [-0.1, -0.05) is 0 Å². The van der Waals surface area contributed by atoms with Crippen molar-refractivity contribution < 1.29 is 9.53 Å². The molecule has 7 heteroatoms. The first-order valence-electron chi connectivity index (χ1n) is 7.92. The molecule has 22 heavy (non-hydrogen) atoms. The van der Waals surface area contributed by atoms with E-state index in [1.165, 1.54) is 0 Å². The summed E-state index contributed by atoms with van der Waals surface area (Å²) in [6, 6.07) is 0.0646. The van der Waals surface area contributed by atoms with Crippen LogP contribution in [0.1, 0.15) is 19.8 Å². The minimum Gasteiger partial charge on any atom is -0.376 e. The molecule has 2 aliphatic heterocycles. The van der Waals surface area contributed by atoms with Crippen LogP contribution >= 0.6 is 0 Å². The molecule has 1 aromatic heterocycles. The molecular formula is C15H23N5O2. The van der Waals surface area contributed by atoms with E-state index >= 15 is 0 Å². The molecule has 2 unspecified atom stereocenters. The van der Waals surface area contributed by atoms with Gasteiger partial charge >= 0.3 is 6.03 Å². The van der Waals surface area contributed by atoms with Gasteiger partial charge in [0, 0.05) is 45.2 Å². The van der Waals surface area contributed by atoms with Crippen LogP contribution in [0.4, 0.5) is 10.6 Å². The van der Waals surface area contributed by atoms with Crippen LogP contribution in [0.25, 0.3) is 0 Å². The normalized spacial score (nSPS) is 23.4. The monoisotopic (exact) mass is 305 g/mol. The summed E-state index contributed by atoms with van der Waals surface area (Å²) in [6.45, 7) is 5.77. The summed E-state index contributed by atoms with van der Waals surface area (Å²) >= 11 is 0. The summed E-state index contributed by atoms with van der Waals surface area (Å²) in [6.07, 6.45) is 7.39. The maximum atomic E-state index is 12.3. The number of ether oxygens (including phenoxy) is 1. The average Bonchev–Trinajstić information content (AvgIpc) is 3.10. The van der Waals surface area contributed by atoms with Gasteiger partial charge < -0.3 is 19.9 Å². The molecular weight excluding hydrogens is 282 g/mol. The highest BCUT2D eigenvalue weighted by Gasteiger charge is 2.27. The van der Waals surface area contributed by atoms with Crippen molar-refractivity contribution in [3.8, 4) is 0 Å². The van der Waals surface area contributed by atoms with Crippen molar-refractivity contribution in [2.24, 2.45) is 0 Å². The van der Waals surface area contributed by atoms with Crippen LogP contribution in [0.2, 0.25) is 0 Å². The predicted molar refractivity (Wildman–Crippen MR) is 82.8 cm³/mol. The van der Waals surface area contributed by atoms with E-state index in [0.29, 0.717) is 13.1 Å². The van der Waals surface area contributed by atoms with E-state index in [-0.39, 0.29) is 18.2 Å². The smallest absolute Gasteiger partial charge is 0.317 e. The Hall–Kier alpha value is -1.89. The number of nitrogens with one attached hydrogen (secondary N) is 1. The number of amides is 2. The molecule has 0 saturated carbocycles. The molecule has 0 aromatic carbocycles. The van der Waals surface area contributed by atoms with Gasteiger partial charge in [0.15, 0.2) is 0 Å². The third-order valence-electron chi connectivity index (χ3n) is 4.31. The number of rotatable bonds is 3. The number of piperazine rings is 1. The van der Waals surface area contributed by atoms with Crippen molar-refractivity contribution in [2.45, 2.75) is 31.9 Å². The Morgan fingerprint density at radius 2 is 2.18 bits per heavy atom. The molecule has 3 heterocycles. The molecule has 0 radical (unpaired) electrons. The summed E-state index contributed by atoms with van der Waals surface area (Å²) in [7, 11) is 0. The largest absolute Gasteiger partial charge is 0.376 e. The van der Waals surface area contributed by atoms with Gasteiger partial charge in [-0.3, -0.25) is 4.98 Å². The van der Waals surface area contributed by atoms with Crippen molar-refractivity contribution in [1.82, 2.24) is 20.2 Å². The standard InChI is InChI=1S/C15H23N5O2/c1-12(13-3-2-10-22-13)18-15(21)20-8-6-19(7-9-20)14-11-16-4-5-17-14/h4-5,11-13H,2-3,6-10H2,1H3,(H,18,21). The van der Waals surface area contributed by atoms with Crippen molar-refractivity contribution in [2.75, 3.05) is 37.7 Å². The van der Waals surface area contributed by atoms with Crippen molar-refractivity contribution >= 4 is 11.8 Å². The molecule has 120 valence electrons. The first-order valence-corrected chi connectivity index (χ1v) is 7.92. The Morgan fingerprint density at radius 1 is 1.36 bits per heavy atom. The summed E-state index contributed by atoms with van der Waals surface area (Å²) < 4.78 is 5.62. The number of hydrogen-bond acceptors (Lipinski definition) is 5. The fourth-order valence-corrected chi connectivity index (χ4v) is 2.97. The summed E-state index contributed by atoms with van der Waals surface area (Å²) in [4.78, 5) is 24.7. The van der Waals surface area contributed by atoms with Crippen molar-refractivity contribution in [3.05, 3.63) is 18.6 Å². The van der Waals surface area contributed by atoms with Crippen LogP contribution in [0, 0.1) is 0 Å². The number of carbonyl (C=O) groups is 1. The van der Waals surface area contributed by atoms with Crippen LogP contribution in [0.15, 0.2) is 18.6 Å². The molecule has 7 nitrogen and oxygen atoms in total. The SMILES string of the molecule is CC(NC(=O)N1CCN(c2cnccn2)CC1)C1CCCO1. The van der Waals surface area contributed by atoms with Gasteiger partial charge in [0.2, 0.25) is 0 Å². The van der Waals surface area contributed by atoms with Crippen LogP contribution in [-0.2, 0) is 4.74 Å². The Balaban J connectivity index is 1.47. The first-order chi connectivity index (χ1) is 10.7. The van der Waals surface area contributed by atoms with E-state index in [2.05, 4.69) is 20.2 Å². The average molecular weight is 305 g/mol. The van der Waals surface area contributed by atoms with Gasteiger partial charge in [-0.25, -0.2) is 9.78 Å². The van der Waals surface area contributed by atoms with Crippen LogP contribution in [-0.4, -0.2) is 65.8 Å². The van der Waals surface area contributed by atoms with Gasteiger partial charge in [-0.2, -0.15) is 0 Å². The lowest BCUT2D eigenvalue weighted by atomic mass is 10.1. The van der Waals surface area contributed by atoms with E-state index in [1.807, 2.05) is 11.8 Å². The number of urea groups is 1. The Labute approximate surface area is 130 Å². The molecule has 2 fully saturated rings. The van der Waals surface area contributed by atoms with Crippen molar-refractivity contribution in [1.29, 1.82) is 0 Å². The van der Waals surface area contributed by atoms with E-state index in [9.17, 15) is 4.79 Å². The first kappa shape index (κ1) is 15.0. The minimum absolute atomic E-state index is 0.00166. The van der Waals surface area contributed by atoms with E-state index < -0.39 is 0 Å². The lowest BCUT2D eigenvalue weighted by Crippen LogP contribution is -2.54. The molecule has 2 amide bonds. The molecule has 0 bridgehead atoms. The molecule has 2 atom stereocenters. The lowest BCUT2D eigenvalue weighted by Gasteiger charge is -2.36. The maximum absolute atomic E-state index is 12.3. The third kappa shape index (κ3) is 3.47. The van der Waals surface area contributed by atoms with Gasteiger partial charge in [0.1, 0.15) is 5.82 Å². The molecule has 0 aliphatic carbocycles. The zero-order valence-electron chi connectivity index (χ0n) is 12.9. The second-order valence-electron chi connectivity index (χ2n) is 5.83. The van der Waals surface area contributed by atoms with Gasteiger partial charge in [-0.05, 0) is 19.8 Å². The van der Waals surface area contributed by atoms with E-state index in [1.54, 1.807) is 18.6 Å². The Morgan fingerprint density at radius 3 is 2.82 bits per heavy atom. The molecule has 1 aromatic rings. The van der Waals surface area contributed by atoms with E-state index in [0.717, 1.165) is 38.4 Å². The fraction of sp³-hybridized carbons (Fsp3) is 0.667. The van der Waals surface area contributed by atoms with Crippen LogP contribution < -0.4 is 10.2 Å². The second-order valence-corrected chi connectivity index (χ2v) is 5.83. The predicted octanol–water partition coefficient (Wildman–Crippen LogP) is 0.876. The number of hydrogen-bond donors (Lipinski definition) is 1. The number of anilines is 1. The molecule has 0 spiro atoms. The number of carbonyl (C=O) groups excluding carboxylic acids is 1. The zero-order chi connectivity index (χ0) is 15.4. The Kier molecular flexibility index (Phi) is 4.72. The molecule has 1 N–H and O–H groups in total. The maximum Gasteiger partial charge on any atom is 0.317 e. The second kappa shape index (κ2) is 6.91. The lowest BCUT2D eigenvalue weighted by molar-refractivity contribution is 0.0831. The molecule has 2 saturated heterocycles. The van der Waals surface area contributed by atoms with Gasteiger partial charge in [-0.15, -0.1) is 0 Å². The summed E-state index contributed by atoms with van der Waals surface area (Å²) in [5, 5.41) is 3.06. The number of nitrogens with zero attached hydrogens (tertiary/aromatic N) is 4. The highest BCUT2D eigenvalue weighted by atomic mass is 16.5. The molecule has 2 aliphatic rings. The van der Waals surface area contributed by atoms with Crippen LogP contribution in [0.5, 0.6) is 0 Å². The van der Waals surface area contributed by atoms with Gasteiger partial charge in [0.05, 0.1) is 18.3 Å². The summed E-state index contributed by atoms with van der Waals surface area (Å²) in [5.74, 6) is 0.871. The van der Waals surface area contributed by atoms with E-state index in [4.69, 9.17) is 4.74 Å². The third-order valence-corrected chi connectivity index (χ3v) is 4.31. The topological polar surface area (TPSA) is 70.6 Å². The van der Waals surface area contributed by atoms with Crippen LogP contribution in [0.3, 0.4) is 0 Å². The highest BCUT2D eigenvalue weighted by Crippen LogP contribution is 2.16. The van der Waals surface area contributed by atoms with Gasteiger partial charge in [0.25, 0.3) is 0 Å². The fourth-order valence-electron chi connectivity index (χ4n) is 2.97. The Bertz CT molecular complexity index is 484. The minimum atomic E-state index is 0.00166. The highest BCUT2D eigenvalue weighted by molar-refractivity contribution is 5.75. The molecule has 3 rings (SSSR count). The quantitative estimate of drug-likeness (QED) is 0.897.